The van der Waals surface area contributed by atoms with Gasteiger partial charge in [0.2, 0.25) is 0 Å². The first-order valence-corrected chi connectivity index (χ1v) is 14.6. The van der Waals surface area contributed by atoms with Gasteiger partial charge in [-0.2, -0.15) is 5.26 Å². The van der Waals surface area contributed by atoms with Crippen LogP contribution in [0.15, 0.2) is 59.8 Å². The van der Waals surface area contributed by atoms with E-state index in [0.29, 0.717) is 33.7 Å². The van der Waals surface area contributed by atoms with Gasteiger partial charge in [0, 0.05) is 35.4 Å². The average Bonchev–Trinajstić information content (AvgIpc) is 3.37. The van der Waals surface area contributed by atoms with Gasteiger partial charge in [-0.3, -0.25) is 9.78 Å². The molecule has 2 bridgehead atoms. The molecule has 10 heteroatoms. The van der Waals surface area contributed by atoms with Crippen LogP contribution in [-0.2, 0) is 5.54 Å². The highest BCUT2D eigenvalue weighted by Gasteiger charge is 2.58. The molecule has 3 aliphatic carbocycles. The van der Waals surface area contributed by atoms with Gasteiger partial charge in [0.25, 0.3) is 5.56 Å². The number of halogens is 1. The number of hydrogen-bond acceptors (Lipinski definition) is 7. The summed E-state index contributed by atoms with van der Waals surface area (Å²) in [7, 11) is 0. The Hall–Kier alpha value is -4.42. The van der Waals surface area contributed by atoms with E-state index in [1.807, 2.05) is 47.3 Å². The van der Waals surface area contributed by atoms with Gasteiger partial charge in [-0.15, -0.1) is 5.10 Å². The number of anilines is 2. The molecule has 0 amide bonds. The van der Waals surface area contributed by atoms with Gasteiger partial charge in [-0.05, 0) is 65.8 Å². The molecule has 3 saturated carbocycles. The number of nitriles is 1. The van der Waals surface area contributed by atoms with Crippen molar-refractivity contribution in [1.82, 2.24) is 25.0 Å². The number of nitrogens with zero attached hydrogens (tertiary/aromatic N) is 5. The number of aromatic amines is 1. The van der Waals surface area contributed by atoms with Crippen molar-refractivity contribution in [3.05, 3.63) is 87.2 Å². The summed E-state index contributed by atoms with van der Waals surface area (Å²) in [5.74, 6) is 0.809. The second kappa shape index (κ2) is 9.57. The fourth-order valence-electron chi connectivity index (χ4n) is 6.30. The molecule has 3 aromatic heterocycles. The molecule has 0 aliphatic heterocycles. The van der Waals surface area contributed by atoms with E-state index in [0.717, 1.165) is 52.9 Å². The van der Waals surface area contributed by atoms with Gasteiger partial charge in [-0.25, -0.2) is 4.68 Å². The van der Waals surface area contributed by atoms with Crippen LogP contribution >= 0.6 is 11.6 Å². The Balaban J connectivity index is 1.36. The van der Waals surface area contributed by atoms with Crippen molar-refractivity contribution in [3.63, 3.8) is 0 Å². The first kappa shape index (κ1) is 26.5. The largest absolute Gasteiger partial charge is 0.383 e. The summed E-state index contributed by atoms with van der Waals surface area (Å²) in [6.07, 6.45) is 8.71. The SMILES string of the molecule is CC(C)(C)CNc1c(C#N)cnc2c(Cl)cc(NC(c3cn(C45CC(C4)C5)nn3)c3cccc4c(=O)[nH]ccc34)cc12. The monoisotopic (exact) mass is 578 g/mol. The average molecular weight is 579 g/mol. The minimum Gasteiger partial charge on any atom is -0.383 e. The van der Waals surface area contributed by atoms with E-state index >= 15 is 0 Å². The molecule has 0 radical (unpaired) electrons. The molecule has 3 aliphatic rings. The van der Waals surface area contributed by atoms with Crippen LogP contribution in [0.2, 0.25) is 5.02 Å². The molecule has 212 valence electrons. The fraction of sp³-hybridized carbons (Fsp3) is 0.344. The van der Waals surface area contributed by atoms with Crippen molar-refractivity contribution >= 4 is 44.7 Å². The minimum atomic E-state index is -0.428. The van der Waals surface area contributed by atoms with Crippen LogP contribution < -0.4 is 16.2 Å². The summed E-state index contributed by atoms with van der Waals surface area (Å²) >= 11 is 6.82. The molecule has 3 fully saturated rings. The standard InChI is InChI=1S/C32H31ClN8O/c1-31(2,3)17-37-27-19(14-34)15-36-28-24(27)9-20(10-25(28)33)38-29(22-5-4-6-23-21(22)7-8-35-30(23)42)26-16-41(40-39-26)32-11-18(12-32)13-32/h4-10,15-16,18,29,38H,11-13,17H2,1-3H3,(H,35,42)(H,36,37). The van der Waals surface area contributed by atoms with Crippen molar-refractivity contribution in [3.8, 4) is 6.07 Å². The summed E-state index contributed by atoms with van der Waals surface area (Å²) in [6, 6.07) is 13.3. The van der Waals surface area contributed by atoms with Crippen LogP contribution in [0, 0.1) is 22.7 Å². The van der Waals surface area contributed by atoms with Gasteiger partial charge in [0.05, 0.1) is 39.6 Å². The van der Waals surface area contributed by atoms with Crippen LogP contribution in [-0.4, -0.2) is 31.5 Å². The highest BCUT2D eigenvalue weighted by Crippen LogP contribution is 2.62. The molecule has 42 heavy (non-hydrogen) atoms. The van der Waals surface area contributed by atoms with E-state index in [4.69, 9.17) is 11.6 Å². The topological polar surface area (TPSA) is 124 Å². The zero-order valence-electron chi connectivity index (χ0n) is 23.7. The molecular weight excluding hydrogens is 548 g/mol. The van der Waals surface area contributed by atoms with E-state index in [9.17, 15) is 10.1 Å². The van der Waals surface area contributed by atoms with Crippen LogP contribution in [0.1, 0.15) is 62.9 Å². The second-order valence-corrected chi connectivity index (χ2v) is 13.3. The van der Waals surface area contributed by atoms with E-state index in [-0.39, 0.29) is 16.5 Å². The smallest absolute Gasteiger partial charge is 0.255 e. The van der Waals surface area contributed by atoms with Gasteiger partial charge in [-0.1, -0.05) is 49.7 Å². The summed E-state index contributed by atoms with van der Waals surface area (Å²) in [5.41, 5.74) is 4.08. The Morgan fingerprint density at radius 3 is 2.71 bits per heavy atom. The summed E-state index contributed by atoms with van der Waals surface area (Å²) in [4.78, 5) is 20.0. The molecule has 3 heterocycles. The fourth-order valence-corrected chi connectivity index (χ4v) is 6.57. The molecule has 1 atom stereocenters. The minimum absolute atomic E-state index is 0.00843. The number of pyridine rings is 2. The molecule has 5 aromatic rings. The Kier molecular flexibility index (Phi) is 6.03. The zero-order chi connectivity index (χ0) is 29.2. The van der Waals surface area contributed by atoms with Crippen molar-refractivity contribution in [2.45, 2.75) is 51.6 Å². The molecule has 1 unspecified atom stereocenters. The predicted octanol–water partition coefficient (Wildman–Crippen LogP) is 6.36. The number of fused-ring (bicyclic) bond motifs is 2. The number of rotatable bonds is 7. The maximum Gasteiger partial charge on any atom is 0.255 e. The molecule has 3 N–H and O–H groups in total. The summed E-state index contributed by atoms with van der Waals surface area (Å²) in [6.45, 7) is 7.06. The second-order valence-electron chi connectivity index (χ2n) is 12.9. The number of nitrogens with one attached hydrogen (secondary N) is 3. The van der Waals surface area contributed by atoms with E-state index in [2.05, 4.69) is 57.8 Å². The van der Waals surface area contributed by atoms with Crippen LogP contribution in [0.5, 0.6) is 0 Å². The highest BCUT2D eigenvalue weighted by atomic mass is 35.5. The lowest BCUT2D eigenvalue weighted by molar-refractivity contribution is -0.0989. The third-order valence-electron chi connectivity index (χ3n) is 8.61. The predicted molar refractivity (Wildman–Crippen MR) is 165 cm³/mol. The van der Waals surface area contributed by atoms with Crippen molar-refractivity contribution in [1.29, 1.82) is 5.26 Å². The summed E-state index contributed by atoms with van der Waals surface area (Å²) in [5, 5.41) is 28.9. The number of H-pyrrole nitrogens is 1. The van der Waals surface area contributed by atoms with Crippen molar-refractivity contribution < 1.29 is 0 Å². The number of benzene rings is 2. The molecule has 9 nitrogen and oxygen atoms in total. The lowest BCUT2D eigenvalue weighted by Gasteiger charge is -2.61. The van der Waals surface area contributed by atoms with Gasteiger partial charge in [0.15, 0.2) is 0 Å². The molecule has 2 aromatic carbocycles. The third kappa shape index (κ3) is 4.38. The number of hydrogen-bond donors (Lipinski definition) is 3. The summed E-state index contributed by atoms with van der Waals surface area (Å²) < 4.78 is 2.03. The first-order valence-electron chi connectivity index (χ1n) is 14.2. The third-order valence-corrected chi connectivity index (χ3v) is 8.90. The van der Waals surface area contributed by atoms with Gasteiger partial charge in [0.1, 0.15) is 11.8 Å². The van der Waals surface area contributed by atoms with Crippen molar-refractivity contribution in [2.75, 3.05) is 17.2 Å². The maximum absolute atomic E-state index is 12.7. The highest BCUT2D eigenvalue weighted by molar-refractivity contribution is 6.35. The van der Waals surface area contributed by atoms with Crippen molar-refractivity contribution in [2.24, 2.45) is 11.3 Å². The molecular formula is C32H31ClN8O. The van der Waals surface area contributed by atoms with Crippen LogP contribution in [0.25, 0.3) is 21.7 Å². The maximum atomic E-state index is 12.7. The lowest BCUT2D eigenvalue weighted by Crippen LogP contribution is -2.59. The molecule has 0 spiro atoms. The van der Waals surface area contributed by atoms with Gasteiger partial charge >= 0.3 is 0 Å². The quantitative estimate of drug-likeness (QED) is 0.205. The normalized spacial score (nSPS) is 20.0. The Morgan fingerprint density at radius 1 is 1.19 bits per heavy atom. The van der Waals surface area contributed by atoms with Crippen LogP contribution in [0.4, 0.5) is 11.4 Å². The Labute approximate surface area is 247 Å². The van der Waals surface area contributed by atoms with E-state index < -0.39 is 6.04 Å². The van der Waals surface area contributed by atoms with E-state index in [1.54, 1.807) is 12.4 Å². The zero-order valence-corrected chi connectivity index (χ0v) is 24.5. The lowest BCUT2D eigenvalue weighted by atomic mass is 9.50. The Morgan fingerprint density at radius 2 is 2.00 bits per heavy atom. The number of aromatic nitrogens is 5. The molecule has 8 rings (SSSR count). The first-order chi connectivity index (χ1) is 20.1. The van der Waals surface area contributed by atoms with E-state index in [1.165, 1.54) is 0 Å². The Bertz CT molecular complexity index is 1950. The molecule has 0 saturated heterocycles. The van der Waals surface area contributed by atoms with Gasteiger partial charge < -0.3 is 15.6 Å². The van der Waals surface area contributed by atoms with Crippen LogP contribution in [0.3, 0.4) is 0 Å².